The third-order valence-corrected chi connectivity index (χ3v) is 14.5. The van der Waals surface area contributed by atoms with Gasteiger partial charge < -0.3 is 18.8 Å². The summed E-state index contributed by atoms with van der Waals surface area (Å²) in [6.45, 7) is 7.40. The van der Waals surface area contributed by atoms with Crippen molar-refractivity contribution >= 4 is 76.5 Å². The summed E-state index contributed by atoms with van der Waals surface area (Å²) in [5.41, 5.74) is 2.77. The van der Waals surface area contributed by atoms with E-state index in [1.807, 2.05) is 178 Å². The second-order valence-corrected chi connectivity index (χ2v) is 22.2. The molecule has 0 spiro atoms. The van der Waals surface area contributed by atoms with Crippen molar-refractivity contribution in [3.63, 3.8) is 0 Å². The first-order valence-electron chi connectivity index (χ1n) is 31.1. The number of benzene rings is 8. The molecule has 3 aromatic heterocycles. The predicted octanol–water partition coefficient (Wildman–Crippen LogP) is 19.0. The smallest absolute Gasteiger partial charge is 0.135 e. The molecule has 0 amide bonds. The molecule has 12 rings (SSSR count). The molecule has 1 aliphatic heterocycles. The van der Waals surface area contributed by atoms with Crippen LogP contribution in [0.4, 0.5) is 11.4 Å². The molecule has 384 valence electrons. The fourth-order valence-corrected chi connectivity index (χ4v) is 10.8. The van der Waals surface area contributed by atoms with Crippen LogP contribution in [0.3, 0.4) is 0 Å². The Kier molecular flexibility index (Phi) is 9.80. The van der Waals surface area contributed by atoms with Gasteiger partial charge in [-0.2, -0.15) is 12.1 Å². The molecular formula is C70H65N4OPt-3. The van der Waals surface area contributed by atoms with Gasteiger partial charge in [-0.15, -0.1) is 35.7 Å². The molecule has 0 aliphatic carbocycles. The zero-order valence-corrected chi connectivity index (χ0v) is 46.1. The summed E-state index contributed by atoms with van der Waals surface area (Å²) in [5.74, 6) is 1.13. The Bertz CT molecular complexity index is 4580. The number of para-hydroxylation sites is 2. The largest absolute Gasteiger partial charge is 0.509 e. The number of anilines is 2. The van der Waals surface area contributed by atoms with Gasteiger partial charge in [-0.05, 0) is 142 Å². The Morgan fingerprint density at radius 3 is 1.93 bits per heavy atom. The summed E-state index contributed by atoms with van der Waals surface area (Å²) in [5, 5.41) is 6.74. The molecular weight excluding hydrogens is 1110 g/mol. The first-order valence-corrected chi connectivity index (χ1v) is 25.6. The van der Waals surface area contributed by atoms with Crippen LogP contribution in [0, 0.1) is 24.7 Å². The van der Waals surface area contributed by atoms with Crippen LogP contribution in [0.2, 0.25) is 0 Å². The van der Waals surface area contributed by atoms with E-state index in [1.54, 1.807) is 0 Å². The molecule has 6 heteroatoms. The van der Waals surface area contributed by atoms with Gasteiger partial charge >= 0.3 is 0 Å². The van der Waals surface area contributed by atoms with Crippen LogP contribution in [0.5, 0.6) is 11.5 Å². The Morgan fingerprint density at radius 2 is 1.22 bits per heavy atom. The van der Waals surface area contributed by atoms with Crippen molar-refractivity contribution in [3.8, 4) is 28.4 Å². The fraction of sp³-hybridized carbons (Fsp3) is 0.229. The van der Waals surface area contributed by atoms with Crippen molar-refractivity contribution in [3.05, 3.63) is 211 Å². The second kappa shape index (κ2) is 19.0. The number of pyridine rings is 1. The minimum absolute atomic E-state index is 0. The summed E-state index contributed by atoms with van der Waals surface area (Å²) >= 11 is 0. The van der Waals surface area contributed by atoms with E-state index in [2.05, 4.69) is 67.8 Å². The zero-order valence-electron chi connectivity index (χ0n) is 54.8. The number of hydrogen-bond donors (Lipinski definition) is 0. The van der Waals surface area contributed by atoms with E-state index in [0.717, 1.165) is 60.1 Å². The van der Waals surface area contributed by atoms with Crippen LogP contribution in [0.15, 0.2) is 170 Å². The number of rotatable bonds is 7. The monoisotopic (exact) mass is 1180 g/mol. The van der Waals surface area contributed by atoms with Gasteiger partial charge in [0.15, 0.2) is 0 Å². The SMILES string of the molecule is [2H]C([2H])(c1ccc2c3c1c1ccccc1c1ccccc1c1cccc(-c4cc(C(C)(C)C)cc(C(C([2H])([2H])[2H])(C([2H])([2H])[2H])C([2H])([2H])[2H])c4)c1n3[CH-]N2c1[c-]c(Oc2[c-]c3c(cc2)c2ccccc2n3-c2cc(C(C)(C)C)ccn2)ccc1)C(C)C.[Pt]. The second-order valence-electron chi connectivity index (χ2n) is 22.2. The van der Waals surface area contributed by atoms with Crippen molar-refractivity contribution in [2.24, 2.45) is 5.92 Å². The van der Waals surface area contributed by atoms with E-state index in [4.69, 9.17) is 22.1 Å². The summed E-state index contributed by atoms with van der Waals surface area (Å²) < 4.78 is 110. The molecule has 76 heavy (non-hydrogen) atoms. The van der Waals surface area contributed by atoms with Crippen molar-refractivity contribution in [1.82, 2.24) is 14.1 Å². The van der Waals surface area contributed by atoms with Crippen molar-refractivity contribution in [2.75, 3.05) is 4.90 Å². The molecule has 8 aromatic carbocycles. The maximum Gasteiger partial charge on any atom is 0.135 e. The number of fused-ring (bicyclic) bond motifs is 10. The summed E-state index contributed by atoms with van der Waals surface area (Å²) in [4.78, 5) is 6.86. The molecule has 5 nitrogen and oxygen atoms in total. The van der Waals surface area contributed by atoms with E-state index in [-0.39, 0.29) is 32.0 Å². The molecule has 0 fully saturated rings. The van der Waals surface area contributed by atoms with Crippen LogP contribution in [-0.2, 0) is 43.7 Å². The number of nitrogens with zero attached hydrogens (tertiary/aromatic N) is 4. The molecule has 0 saturated heterocycles. The van der Waals surface area contributed by atoms with Gasteiger partial charge in [0.1, 0.15) is 5.82 Å². The third-order valence-electron chi connectivity index (χ3n) is 14.5. The maximum atomic E-state index is 9.91. The Balaban J connectivity index is 0.00000784. The van der Waals surface area contributed by atoms with E-state index in [1.165, 1.54) is 12.1 Å². The first-order chi connectivity index (χ1) is 40.4. The van der Waals surface area contributed by atoms with Crippen molar-refractivity contribution in [2.45, 2.75) is 98.6 Å². The Morgan fingerprint density at radius 1 is 0.592 bits per heavy atom. The van der Waals surface area contributed by atoms with Gasteiger partial charge in [0.25, 0.3) is 0 Å². The van der Waals surface area contributed by atoms with Gasteiger partial charge in [-0.3, -0.25) is 0 Å². The average molecular weight is 1180 g/mol. The standard InChI is InChI=1S/C70H65N4O.Pt/c1-44(2)36-45-30-33-62-67-65(45)59-26-15-14-23-55(59)54-22-12-13-24-56(54)60-28-19-27-53(46-37-48(69(6,7)8)39-49(38-46)70(9,10)11)66(60)73(67)43-72(62)50-20-18-21-51(41-50)75-52-31-32-58-57-25-16-17-29-61(57)74(63(58)42-52)64-40-47(34-35-71-64)68(3,4)5;/h12-35,37-40,43-44H,36H2,1-11H3;/q-3;/i6D3,7D3,8D3,36D2;. The van der Waals surface area contributed by atoms with Crippen LogP contribution in [-0.4, -0.2) is 14.1 Å². The van der Waals surface area contributed by atoms with Crippen molar-refractivity contribution in [1.29, 1.82) is 0 Å². The fourth-order valence-electron chi connectivity index (χ4n) is 10.8. The van der Waals surface area contributed by atoms with Gasteiger partial charge in [-0.1, -0.05) is 196 Å². The normalized spacial score (nSPS) is 15.6. The molecule has 0 N–H and O–H groups in total. The van der Waals surface area contributed by atoms with Crippen LogP contribution in [0.25, 0.3) is 82.1 Å². The molecule has 0 radical (unpaired) electrons. The van der Waals surface area contributed by atoms with Gasteiger partial charge in [0.2, 0.25) is 0 Å². The Hall–Kier alpha value is -7.33. The van der Waals surface area contributed by atoms with Crippen LogP contribution < -0.4 is 9.64 Å². The van der Waals surface area contributed by atoms with Gasteiger partial charge in [0, 0.05) is 65.0 Å². The quantitative estimate of drug-likeness (QED) is 0.149. The maximum absolute atomic E-state index is 9.91. The molecule has 0 saturated carbocycles. The average Bonchev–Trinajstić information content (AvgIpc) is 1.69. The van der Waals surface area contributed by atoms with E-state index in [9.17, 15) is 2.74 Å². The van der Waals surface area contributed by atoms with Crippen LogP contribution >= 0.6 is 0 Å². The number of aromatic nitrogens is 3. The van der Waals surface area contributed by atoms with Gasteiger partial charge in [-0.25, -0.2) is 4.98 Å². The van der Waals surface area contributed by atoms with Crippen LogP contribution in [0.1, 0.15) is 113 Å². The van der Waals surface area contributed by atoms with E-state index in [0.29, 0.717) is 61.5 Å². The Labute approximate surface area is 478 Å². The summed E-state index contributed by atoms with van der Waals surface area (Å²) in [7, 11) is 0. The number of hydrogen-bond acceptors (Lipinski definition) is 3. The van der Waals surface area contributed by atoms with Crippen molar-refractivity contribution < 1.29 is 40.9 Å². The predicted molar refractivity (Wildman–Crippen MR) is 317 cm³/mol. The summed E-state index contributed by atoms with van der Waals surface area (Å²) in [6.07, 6.45) is -0.0299. The number of ether oxygens (including phenoxy) is 1. The third kappa shape index (κ3) is 8.91. The molecule has 4 heterocycles. The minimum atomic E-state index is -3.52. The molecule has 1 aliphatic rings. The molecule has 0 unspecified atom stereocenters. The van der Waals surface area contributed by atoms with Gasteiger partial charge in [0.05, 0.1) is 0 Å². The molecule has 0 bridgehead atoms. The van der Waals surface area contributed by atoms with E-state index < -0.39 is 43.7 Å². The first kappa shape index (κ1) is 39.1. The zero-order chi connectivity index (χ0) is 61.4. The summed E-state index contributed by atoms with van der Waals surface area (Å²) in [6, 6.07) is 59.6. The molecule has 11 aromatic rings. The van der Waals surface area contributed by atoms with E-state index >= 15 is 0 Å². The molecule has 0 atom stereocenters. The minimum Gasteiger partial charge on any atom is -0.509 e. The topological polar surface area (TPSA) is 35.2 Å².